The van der Waals surface area contributed by atoms with Gasteiger partial charge in [0.1, 0.15) is 24.2 Å². The molecule has 3 aromatic rings. The monoisotopic (exact) mass is 603 g/mol. The molecule has 0 aromatic heterocycles. The van der Waals surface area contributed by atoms with Crippen LogP contribution < -0.4 is 14.4 Å². The van der Waals surface area contributed by atoms with E-state index in [2.05, 4.69) is 5.32 Å². The summed E-state index contributed by atoms with van der Waals surface area (Å²) in [6.45, 7) is 7.49. The number of carbonyl (C=O) groups is 2. The van der Waals surface area contributed by atoms with Crippen LogP contribution in [-0.4, -0.2) is 50.9 Å². The van der Waals surface area contributed by atoms with Crippen molar-refractivity contribution in [2.24, 2.45) is 5.92 Å². The average Bonchev–Trinajstić information content (AvgIpc) is 2.94. The Kier molecular flexibility index (Phi) is 11.1. The number of ether oxygens (including phenoxy) is 1. The maximum absolute atomic E-state index is 13.9. The van der Waals surface area contributed by atoms with Gasteiger partial charge in [-0.15, -0.1) is 0 Å². The summed E-state index contributed by atoms with van der Waals surface area (Å²) in [6.07, 6.45) is 0. The van der Waals surface area contributed by atoms with Crippen LogP contribution in [0.4, 0.5) is 10.1 Å². The Morgan fingerprint density at radius 2 is 1.66 bits per heavy atom. The minimum Gasteiger partial charge on any atom is -0.494 e. The Balaban J connectivity index is 2.00. The Morgan fingerprint density at radius 1 is 1.00 bits per heavy atom. The summed E-state index contributed by atoms with van der Waals surface area (Å²) in [5.74, 6) is -0.884. The highest BCUT2D eigenvalue weighted by Gasteiger charge is 2.32. The van der Waals surface area contributed by atoms with Crippen LogP contribution in [0.3, 0.4) is 0 Å². The number of benzene rings is 3. The minimum atomic E-state index is -4.29. The molecular formula is C30H35ClFN3O5S. The highest BCUT2D eigenvalue weighted by molar-refractivity contribution is 7.92. The van der Waals surface area contributed by atoms with Gasteiger partial charge in [0.2, 0.25) is 11.8 Å². The molecule has 0 saturated carbocycles. The van der Waals surface area contributed by atoms with Crippen molar-refractivity contribution in [2.45, 2.75) is 45.2 Å². The third-order valence-corrected chi connectivity index (χ3v) is 8.23. The van der Waals surface area contributed by atoms with Gasteiger partial charge in [-0.2, -0.15) is 0 Å². The highest BCUT2D eigenvalue weighted by Crippen LogP contribution is 2.26. The van der Waals surface area contributed by atoms with E-state index in [1.807, 2.05) is 20.8 Å². The third kappa shape index (κ3) is 8.68. The molecular weight excluding hydrogens is 569 g/mol. The number of halogens is 2. The molecule has 3 aromatic carbocycles. The number of nitrogens with zero attached hydrogens (tertiary/aromatic N) is 2. The smallest absolute Gasteiger partial charge is 0.264 e. The van der Waals surface area contributed by atoms with Crippen molar-refractivity contribution < 1.29 is 27.1 Å². The molecule has 11 heteroatoms. The molecule has 0 aliphatic heterocycles. The lowest BCUT2D eigenvalue weighted by Gasteiger charge is -2.32. The molecule has 0 heterocycles. The van der Waals surface area contributed by atoms with Crippen molar-refractivity contribution in [3.63, 3.8) is 0 Å². The molecule has 0 saturated heterocycles. The lowest BCUT2D eigenvalue weighted by atomic mass is 10.1. The zero-order valence-electron chi connectivity index (χ0n) is 23.5. The maximum Gasteiger partial charge on any atom is 0.264 e. The first-order chi connectivity index (χ1) is 19.4. The SMILES string of the molecule is CCOc1ccc(S(=O)(=O)N(CC(=O)N(Cc2cccc(Cl)c2)C(C)C(=O)NCC(C)C)c2ccc(F)cc2)cc1. The number of anilines is 1. The van der Waals surface area contributed by atoms with Crippen LogP contribution in [0.15, 0.2) is 77.7 Å². The first-order valence-corrected chi connectivity index (χ1v) is 15.1. The zero-order valence-corrected chi connectivity index (χ0v) is 25.1. The Bertz CT molecular complexity index is 1430. The summed E-state index contributed by atoms with van der Waals surface area (Å²) in [6, 6.07) is 16.5. The molecule has 0 fully saturated rings. The van der Waals surface area contributed by atoms with Crippen molar-refractivity contribution in [1.29, 1.82) is 0 Å². The summed E-state index contributed by atoms with van der Waals surface area (Å²) in [4.78, 5) is 28.2. The van der Waals surface area contributed by atoms with Gasteiger partial charge in [0.15, 0.2) is 0 Å². The maximum atomic E-state index is 13.9. The van der Waals surface area contributed by atoms with Crippen LogP contribution in [0.5, 0.6) is 5.75 Å². The van der Waals surface area contributed by atoms with Gasteiger partial charge in [0, 0.05) is 18.1 Å². The van der Waals surface area contributed by atoms with E-state index in [-0.39, 0.29) is 29.0 Å². The van der Waals surface area contributed by atoms with E-state index in [0.29, 0.717) is 29.5 Å². The molecule has 8 nitrogen and oxygen atoms in total. The van der Waals surface area contributed by atoms with Gasteiger partial charge in [0.25, 0.3) is 10.0 Å². The van der Waals surface area contributed by atoms with E-state index in [9.17, 15) is 22.4 Å². The fourth-order valence-electron chi connectivity index (χ4n) is 4.00. The van der Waals surface area contributed by atoms with Gasteiger partial charge in [-0.25, -0.2) is 12.8 Å². The van der Waals surface area contributed by atoms with Gasteiger partial charge in [-0.05, 0) is 86.0 Å². The van der Waals surface area contributed by atoms with Gasteiger partial charge in [-0.1, -0.05) is 37.6 Å². The van der Waals surface area contributed by atoms with Crippen molar-refractivity contribution in [2.75, 3.05) is 24.0 Å². The van der Waals surface area contributed by atoms with Crippen molar-refractivity contribution >= 4 is 39.1 Å². The molecule has 2 amide bonds. The second-order valence-electron chi connectivity index (χ2n) is 9.86. The van der Waals surface area contributed by atoms with Crippen molar-refractivity contribution in [3.05, 3.63) is 89.2 Å². The van der Waals surface area contributed by atoms with E-state index in [0.717, 1.165) is 16.4 Å². The summed E-state index contributed by atoms with van der Waals surface area (Å²) in [5.41, 5.74) is 0.755. The molecule has 3 rings (SSSR count). The molecule has 1 atom stereocenters. The molecule has 0 bridgehead atoms. The van der Waals surface area contributed by atoms with Crippen LogP contribution in [0.2, 0.25) is 5.02 Å². The number of hydrogen-bond donors (Lipinski definition) is 1. The predicted molar refractivity (Wildman–Crippen MR) is 158 cm³/mol. The van der Waals surface area contributed by atoms with Crippen LogP contribution >= 0.6 is 11.6 Å². The molecule has 0 aliphatic carbocycles. The van der Waals surface area contributed by atoms with Crippen molar-refractivity contribution in [1.82, 2.24) is 10.2 Å². The highest BCUT2D eigenvalue weighted by atomic mass is 35.5. The van der Waals surface area contributed by atoms with Crippen LogP contribution in [0.1, 0.15) is 33.3 Å². The standard InChI is InChI=1S/C30H35ClFN3O5S/c1-5-40-27-13-15-28(16-14-27)41(38,39)35(26-11-9-25(32)10-12-26)20-29(36)34(19-23-7-6-8-24(31)17-23)22(4)30(37)33-18-21(2)3/h6-17,21-22H,5,18-20H2,1-4H3,(H,33,37). The first kappa shape index (κ1) is 31.9. The largest absolute Gasteiger partial charge is 0.494 e. The predicted octanol–water partition coefficient (Wildman–Crippen LogP) is 5.26. The third-order valence-electron chi connectivity index (χ3n) is 6.21. The minimum absolute atomic E-state index is 0.00994. The summed E-state index contributed by atoms with van der Waals surface area (Å²) < 4.78 is 47.8. The summed E-state index contributed by atoms with van der Waals surface area (Å²) in [5, 5.41) is 3.29. The second kappa shape index (κ2) is 14.3. The molecule has 220 valence electrons. The molecule has 0 radical (unpaired) electrons. The normalized spacial score (nSPS) is 12.1. The van der Waals surface area contributed by atoms with Crippen molar-refractivity contribution in [3.8, 4) is 5.75 Å². The van der Waals surface area contributed by atoms with Gasteiger partial charge < -0.3 is 15.0 Å². The van der Waals surface area contributed by atoms with Gasteiger partial charge in [0.05, 0.1) is 17.2 Å². The molecule has 1 N–H and O–H groups in total. The summed E-state index contributed by atoms with van der Waals surface area (Å²) in [7, 11) is -4.29. The van der Waals surface area contributed by atoms with E-state index >= 15 is 0 Å². The molecule has 1 unspecified atom stereocenters. The quantitative estimate of drug-likeness (QED) is 0.287. The van der Waals surface area contributed by atoms with Crippen LogP contribution in [-0.2, 0) is 26.2 Å². The van der Waals surface area contributed by atoms with E-state index in [1.165, 1.54) is 41.3 Å². The van der Waals surface area contributed by atoms with Crippen LogP contribution in [0.25, 0.3) is 0 Å². The Labute approximate surface area is 246 Å². The van der Waals surface area contributed by atoms with Gasteiger partial charge >= 0.3 is 0 Å². The lowest BCUT2D eigenvalue weighted by molar-refractivity contribution is -0.139. The number of amides is 2. The van der Waals surface area contributed by atoms with Crippen LogP contribution in [0, 0.1) is 11.7 Å². The number of rotatable bonds is 13. The zero-order chi connectivity index (χ0) is 30.2. The number of hydrogen-bond acceptors (Lipinski definition) is 5. The first-order valence-electron chi connectivity index (χ1n) is 13.2. The van der Waals surface area contributed by atoms with E-state index in [1.54, 1.807) is 31.2 Å². The average molecular weight is 604 g/mol. The number of sulfonamides is 1. The Morgan fingerprint density at radius 3 is 2.24 bits per heavy atom. The topological polar surface area (TPSA) is 96.0 Å². The second-order valence-corrected chi connectivity index (χ2v) is 12.2. The van der Waals surface area contributed by atoms with E-state index < -0.39 is 34.3 Å². The molecule has 0 spiro atoms. The fraction of sp³-hybridized carbons (Fsp3) is 0.333. The van der Waals surface area contributed by atoms with E-state index in [4.69, 9.17) is 16.3 Å². The lowest BCUT2D eigenvalue weighted by Crippen LogP contribution is -2.51. The molecule has 41 heavy (non-hydrogen) atoms. The molecule has 0 aliphatic rings. The van der Waals surface area contributed by atoms with Gasteiger partial charge in [-0.3, -0.25) is 13.9 Å². The fourth-order valence-corrected chi connectivity index (χ4v) is 5.63. The Hall–Kier alpha value is -3.63. The number of nitrogens with one attached hydrogen (secondary N) is 1. The number of carbonyl (C=O) groups excluding carboxylic acids is 2. The summed E-state index contributed by atoms with van der Waals surface area (Å²) >= 11 is 6.16.